The summed E-state index contributed by atoms with van der Waals surface area (Å²) in [5.41, 5.74) is 1.84. The first kappa shape index (κ1) is 9.77. The van der Waals surface area contributed by atoms with Crippen LogP contribution in [-0.4, -0.2) is 11.1 Å². The number of rotatable bonds is 3. The van der Waals surface area contributed by atoms with Crippen molar-refractivity contribution in [3.63, 3.8) is 0 Å². The molecule has 0 aliphatic heterocycles. The van der Waals surface area contributed by atoms with Gasteiger partial charge in [0, 0.05) is 5.39 Å². The molecular formula is C12H12O3. The zero-order valence-electron chi connectivity index (χ0n) is 8.49. The van der Waals surface area contributed by atoms with Gasteiger partial charge in [0.2, 0.25) is 5.76 Å². The lowest BCUT2D eigenvalue weighted by Gasteiger charge is -1.96. The average Bonchev–Trinajstić information content (AvgIpc) is 2.61. The van der Waals surface area contributed by atoms with Crippen LogP contribution in [0.25, 0.3) is 11.0 Å². The Hall–Kier alpha value is -1.77. The molecule has 0 aliphatic rings. The molecule has 0 aliphatic carbocycles. The van der Waals surface area contributed by atoms with Gasteiger partial charge in [0.25, 0.3) is 0 Å². The Morgan fingerprint density at radius 1 is 1.40 bits per heavy atom. The van der Waals surface area contributed by atoms with Gasteiger partial charge < -0.3 is 9.52 Å². The van der Waals surface area contributed by atoms with Gasteiger partial charge in [0.15, 0.2) is 0 Å². The van der Waals surface area contributed by atoms with E-state index in [0.29, 0.717) is 5.58 Å². The Labute approximate surface area is 87.3 Å². The summed E-state index contributed by atoms with van der Waals surface area (Å²) in [6.07, 6.45) is 2.08. The quantitative estimate of drug-likeness (QED) is 0.835. The van der Waals surface area contributed by atoms with Crippen molar-refractivity contribution in [3.8, 4) is 0 Å². The smallest absolute Gasteiger partial charge is 0.371 e. The van der Waals surface area contributed by atoms with Gasteiger partial charge in [-0.05, 0) is 30.2 Å². The predicted octanol–water partition coefficient (Wildman–Crippen LogP) is 3.08. The van der Waals surface area contributed by atoms with Crippen LogP contribution in [0.3, 0.4) is 0 Å². The van der Waals surface area contributed by atoms with E-state index in [1.807, 2.05) is 18.2 Å². The standard InChI is InChI=1S/C12H12O3/c1-2-3-8-4-5-10-9(6-8)7-11(15-10)12(13)14/h4-7H,2-3H2,1H3,(H,13,14). The maximum Gasteiger partial charge on any atom is 0.371 e. The molecule has 0 saturated carbocycles. The van der Waals surface area contributed by atoms with Crippen LogP contribution in [0.4, 0.5) is 0 Å². The molecule has 1 heterocycles. The number of carboxylic acid groups (broad SMARTS) is 1. The minimum atomic E-state index is -1.02. The summed E-state index contributed by atoms with van der Waals surface area (Å²) in [7, 11) is 0. The molecule has 0 bridgehead atoms. The van der Waals surface area contributed by atoms with Crippen LogP contribution in [-0.2, 0) is 6.42 Å². The number of carboxylic acids is 1. The third-order valence-electron chi connectivity index (χ3n) is 2.33. The molecule has 0 radical (unpaired) electrons. The predicted molar refractivity (Wildman–Crippen MR) is 57.2 cm³/mol. The van der Waals surface area contributed by atoms with Crippen molar-refractivity contribution in [1.29, 1.82) is 0 Å². The van der Waals surface area contributed by atoms with Gasteiger partial charge in [-0.25, -0.2) is 4.79 Å². The largest absolute Gasteiger partial charge is 0.475 e. The third kappa shape index (κ3) is 1.86. The van der Waals surface area contributed by atoms with E-state index >= 15 is 0 Å². The summed E-state index contributed by atoms with van der Waals surface area (Å²) in [6.45, 7) is 2.11. The Balaban J connectivity index is 2.47. The highest BCUT2D eigenvalue weighted by molar-refractivity contribution is 5.91. The summed E-state index contributed by atoms with van der Waals surface area (Å²) in [4.78, 5) is 10.7. The van der Waals surface area contributed by atoms with Crippen molar-refractivity contribution in [3.05, 3.63) is 35.6 Å². The van der Waals surface area contributed by atoms with Gasteiger partial charge in [0.1, 0.15) is 5.58 Å². The van der Waals surface area contributed by atoms with Gasteiger partial charge in [-0.15, -0.1) is 0 Å². The average molecular weight is 204 g/mol. The number of aryl methyl sites for hydroxylation is 1. The van der Waals surface area contributed by atoms with E-state index in [1.165, 1.54) is 5.56 Å². The van der Waals surface area contributed by atoms with E-state index in [9.17, 15) is 4.79 Å². The molecule has 0 fully saturated rings. The first-order valence-electron chi connectivity index (χ1n) is 4.96. The van der Waals surface area contributed by atoms with Crippen molar-refractivity contribution in [1.82, 2.24) is 0 Å². The van der Waals surface area contributed by atoms with E-state index in [0.717, 1.165) is 18.2 Å². The van der Waals surface area contributed by atoms with Crippen LogP contribution in [0, 0.1) is 0 Å². The monoisotopic (exact) mass is 204 g/mol. The van der Waals surface area contributed by atoms with Crippen molar-refractivity contribution >= 4 is 16.9 Å². The molecule has 1 aromatic carbocycles. The molecule has 1 N–H and O–H groups in total. The van der Waals surface area contributed by atoms with Crippen LogP contribution in [0.1, 0.15) is 29.5 Å². The SMILES string of the molecule is CCCc1ccc2oc(C(=O)O)cc2c1. The summed E-state index contributed by atoms with van der Waals surface area (Å²) in [5, 5.41) is 9.62. The molecule has 0 unspecified atom stereocenters. The van der Waals surface area contributed by atoms with Crippen molar-refractivity contribution in [2.24, 2.45) is 0 Å². The van der Waals surface area contributed by atoms with Gasteiger partial charge in [-0.2, -0.15) is 0 Å². The molecule has 3 nitrogen and oxygen atoms in total. The number of hydrogen-bond donors (Lipinski definition) is 1. The molecule has 0 atom stereocenters. The molecule has 1 aromatic heterocycles. The van der Waals surface area contributed by atoms with Gasteiger partial charge in [0.05, 0.1) is 0 Å². The summed E-state index contributed by atoms with van der Waals surface area (Å²) < 4.78 is 5.16. The molecular weight excluding hydrogens is 192 g/mol. The van der Waals surface area contributed by atoms with E-state index in [2.05, 4.69) is 6.92 Å². The second kappa shape index (κ2) is 3.77. The highest BCUT2D eigenvalue weighted by atomic mass is 16.4. The Morgan fingerprint density at radius 2 is 2.20 bits per heavy atom. The van der Waals surface area contributed by atoms with Crippen LogP contribution in [0.2, 0.25) is 0 Å². The lowest BCUT2D eigenvalue weighted by molar-refractivity contribution is 0.0665. The topological polar surface area (TPSA) is 50.4 Å². The summed E-state index contributed by atoms with van der Waals surface area (Å²) >= 11 is 0. The first-order valence-corrected chi connectivity index (χ1v) is 4.96. The molecule has 15 heavy (non-hydrogen) atoms. The number of fused-ring (bicyclic) bond motifs is 1. The summed E-state index contributed by atoms with van der Waals surface area (Å²) in [5.74, 6) is -1.03. The Bertz CT molecular complexity index is 497. The lowest BCUT2D eigenvalue weighted by Crippen LogP contribution is -1.91. The zero-order chi connectivity index (χ0) is 10.8. The van der Waals surface area contributed by atoms with Gasteiger partial charge in [-0.1, -0.05) is 19.4 Å². The zero-order valence-corrected chi connectivity index (χ0v) is 8.49. The van der Waals surface area contributed by atoms with Gasteiger partial charge in [-0.3, -0.25) is 0 Å². The molecule has 2 aromatic rings. The van der Waals surface area contributed by atoms with Crippen LogP contribution >= 0.6 is 0 Å². The number of benzene rings is 1. The second-order valence-corrected chi connectivity index (χ2v) is 3.54. The van der Waals surface area contributed by atoms with E-state index in [1.54, 1.807) is 6.07 Å². The van der Waals surface area contributed by atoms with Gasteiger partial charge >= 0.3 is 5.97 Å². The molecule has 3 heteroatoms. The van der Waals surface area contributed by atoms with Crippen LogP contribution in [0.5, 0.6) is 0 Å². The molecule has 78 valence electrons. The highest BCUT2D eigenvalue weighted by Gasteiger charge is 2.10. The fraction of sp³-hybridized carbons (Fsp3) is 0.250. The maximum atomic E-state index is 10.7. The normalized spacial score (nSPS) is 10.7. The molecule has 0 amide bonds. The van der Waals surface area contributed by atoms with E-state index in [4.69, 9.17) is 9.52 Å². The number of furan rings is 1. The molecule has 2 rings (SSSR count). The molecule has 0 spiro atoms. The fourth-order valence-corrected chi connectivity index (χ4v) is 1.64. The highest BCUT2D eigenvalue weighted by Crippen LogP contribution is 2.21. The van der Waals surface area contributed by atoms with E-state index in [-0.39, 0.29) is 5.76 Å². The lowest BCUT2D eigenvalue weighted by atomic mass is 10.1. The number of carbonyl (C=O) groups is 1. The third-order valence-corrected chi connectivity index (χ3v) is 2.33. The maximum absolute atomic E-state index is 10.7. The van der Waals surface area contributed by atoms with Crippen LogP contribution < -0.4 is 0 Å². The first-order chi connectivity index (χ1) is 7.20. The van der Waals surface area contributed by atoms with E-state index < -0.39 is 5.97 Å². The summed E-state index contributed by atoms with van der Waals surface area (Å²) in [6, 6.07) is 7.35. The van der Waals surface area contributed by atoms with Crippen molar-refractivity contribution in [2.45, 2.75) is 19.8 Å². The van der Waals surface area contributed by atoms with Crippen molar-refractivity contribution < 1.29 is 14.3 Å². The van der Waals surface area contributed by atoms with Crippen molar-refractivity contribution in [2.75, 3.05) is 0 Å². The minimum absolute atomic E-state index is 0.00125. The fourth-order valence-electron chi connectivity index (χ4n) is 1.64. The number of aromatic carboxylic acids is 1. The van der Waals surface area contributed by atoms with Crippen LogP contribution in [0.15, 0.2) is 28.7 Å². The number of hydrogen-bond acceptors (Lipinski definition) is 2. The minimum Gasteiger partial charge on any atom is -0.475 e. The second-order valence-electron chi connectivity index (χ2n) is 3.54. The Morgan fingerprint density at radius 3 is 2.87 bits per heavy atom. The Kier molecular flexibility index (Phi) is 2.46. The molecule has 0 saturated heterocycles.